The fourth-order valence-corrected chi connectivity index (χ4v) is 2.20. The van der Waals surface area contributed by atoms with Crippen LogP contribution in [0.5, 0.6) is 0 Å². The zero-order chi connectivity index (χ0) is 13.3. The Balaban J connectivity index is 2.62. The van der Waals surface area contributed by atoms with Gasteiger partial charge in [-0.25, -0.2) is 4.99 Å². The number of hydrogen-bond donors (Lipinski definition) is 3. The molecule has 2 rings (SSSR count). The third-order valence-electron chi connectivity index (χ3n) is 2.28. The van der Waals surface area contributed by atoms with Crippen molar-refractivity contribution in [2.75, 3.05) is 0 Å². The van der Waals surface area contributed by atoms with Crippen LogP contribution in [0.4, 0.5) is 5.69 Å². The van der Waals surface area contributed by atoms with Crippen LogP contribution in [0.2, 0.25) is 0 Å². The molecule has 0 aliphatic carbocycles. The number of nitrogens with zero attached hydrogens (tertiary/aromatic N) is 4. The molecular weight excluding hydrogens is 298 g/mol. The maximum atomic E-state index is 5.62. The van der Waals surface area contributed by atoms with Gasteiger partial charge in [-0.1, -0.05) is 6.07 Å². The Kier molecular flexibility index (Phi) is 3.19. The summed E-state index contributed by atoms with van der Waals surface area (Å²) >= 11 is 3.38. The van der Waals surface area contributed by atoms with Crippen molar-refractivity contribution in [3.63, 3.8) is 0 Å². The number of fused-ring (bicyclic) bond motifs is 1. The van der Waals surface area contributed by atoms with Gasteiger partial charge in [0.2, 0.25) is 5.96 Å². The highest BCUT2D eigenvalue weighted by atomic mass is 79.9. The molecule has 8 heteroatoms. The molecule has 0 saturated carbocycles. The van der Waals surface area contributed by atoms with Crippen molar-refractivity contribution >= 4 is 44.4 Å². The Morgan fingerprint density at radius 3 is 2.72 bits per heavy atom. The van der Waals surface area contributed by atoms with Crippen LogP contribution in [0.15, 0.2) is 32.8 Å². The van der Waals surface area contributed by atoms with E-state index in [4.69, 9.17) is 17.2 Å². The molecule has 1 aromatic carbocycles. The number of benzene rings is 1. The van der Waals surface area contributed by atoms with Crippen LogP contribution in [0.1, 0.15) is 0 Å². The summed E-state index contributed by atoms with van der Waals surface area (Å²) in [5.74, 6) is -0.130. The fraction of sp³-hybridized carbons (Fsp3) is 0.100. The largest absolute Gasteiger partial charge is 0.370 e. The second kappa shape index (κ2) is 4.65. The van der Waals surface area contributed by atoms with Crippen LogP contribution in [0.3, 0.4) is 0 Å². The second-order valence-corrected chi connectivity index (χ2v) is 4.35. The van der Waals surface area contributed by atoms with E-state index in [1.165, 1.54) is 0 Å². The molecule has 18 heavy (non-hydrogen) atoms. The normalized spacial score (nSPS) is 11.8. The zero-order valence-corrected chi connectivity index (χ0v) is 11.2. The summed E-state index contributed by atoms with van der Waals surface area (Å²) in [6.07, 6.45) is 0. The number of para-hydroxylation sites is 1. The molecule has 0 aliphatic rings. The third kappa shape index (κ3) is 2.28. The molecule has 0 bridgehead atoms. The average Bonchev–Trinajstić information content (AvgIpc) is 2.54. The maximum Gasteiger partial charge on any atom is 0.223 e. The van der Waals surface area contributed by atoms with Crippen molar-refractivity contribution < 1.29 is 0 Å². The van der Waals surface area contributed by atoms with E-state index in [1.54, 1.807) is 4.68 Å². The molecule has 94 valence electrons. The van der Waals surface area contributed by atoms with Gasteiger partial charge in [-0.05, 0) is 28.1 Å². The van der Waals surface area contributed by atoms with Gasteiger partial charge in [0, 0.05) is 12.4 Å². The first-order valence-corrected chi connectivity index (χ1v) is 5.83. The number of nitrogens with two attached hydrogens (primary N) is 3. The zero-order valence-electron chi connectivity index (χ0n) is 9.63. The summed E-state index contributed by atoms with van der Waals surface area (Å²) in [6, 6.07) is 5.60. The van der Waals surface area contributed by atoms with Gasteiger partial charge in [0.05, 0.1) is 11.2 Å². The number of rotatable bonds is 1. The Morgan fingerprint density at radius 1 is 1.33 bits per heavy atom. The highest BCUT2D eigenvalue weighted by Crippen LogP contribution is 2.30. The van der Waals surface area contributed by atoms with Crippen LogP contribution in [-0.2, 0) is 7.05 Å². The summed E-state index contributed by atoms with van der Waals surface area (Å²) < 4.78 is 2.46. The van der Waals surface area contributed by atoms with Crippen molar-refractivity contribution in [1.82, 2.24) is 9.78 Å². The van der Waals surface area contributed by atoms with Gasteiger partial charge in [-0.2, -0.15) is 10.1 Å². The van der Waals surface area contributed by atoms with Crippen LogP contribution in [0.25, 0.3) is 10.9 Å². The first kappa shape index (κ1) is 12.4. The monoisotopic (exact) mass is 309 g/mol. The lowest BCUT2D eigenvalue weighted by Gasteiger charge is -2.00. The maximum absolute atomic E-state index is 5.62. The predicted octanol–water partition coefficient (Wildman–Crippen LogP) is 0.555. The summed E-state index contributed by atoms with van der Waals surface area (Å²) in [5.41, 5.74) is 17.6. The minimum absolute atomic E-state index is 0.000164. The molecule has 1 heterocycles. The summed E-state index contributed by atoms with van der Waals surface area (Å²) in [7, 11) is 1.82. The number of aliphatic imine (C=N–C) groups is 2. The van der Waals surface area contributed by atoms with E-state index in [-0.39, 0.29) is 11.9 Å². The molecule has 0 amide bonds. The molecule has 0 saturated heterocycles. The van der Waals surface area contributed by atoms with E-state index in [0.29, 0.717) is 5.69 Å². The van der Waals surface area contributed by atoms with Crippen molar-refractivity contribution in [2.45, 2.75) is 0 Å². The molecule has 6 N–H and O–H groups in total. The third-order valence-corrected chi connectivity index (χ3v) is 2.86. The second-order valence-electron chi connectivity index (χ2n) is 3.59. The van der Waals surface area contributed by atoms with Crippen LogP contribution >= 0.6 is 15.9 Å². The Morgan fingerprint density at radius 2 is 2.06 bits per heavy atom. The number of aryl methyl sites for hydroxylation is 1. The Bertz CT molecular complexity index is 652. The Hall–Kier alpha value is -2.09. The number of aromatic nitrogens is 2. The van der Waals surface area contributed by atoms with Crippen LogP contribution in [-0.4, -0.2) is 21.7 Å². The minimum Gasteiger partial charge on any atom is -0.370 e. The van der Waals surface area contributed by atoms with Gasteiger partial charge in [0.15, 0.2) is 5.96 Å². The van der Waals surface area contributed by atoms with Crippen molar-refractivity contribution in [3.05, 3.63) is 22.8 Å². The summed E-state index contributed by atoms with van der Waals surface area (Å²) in [4.78, 5) is 7.84. The molecule has 0 fully saturated rings. The predicted molar refractivity (Wildman–Crippen MR) is 75.5 cm³/mol. The van der Waals surface area contributed by atoms with Crippen LogP contribution in [0, 0.1) is 0 Å². The quantitative estimate of drug-likeness (QED) is 0.526. The summed E-state index contributed by atoms with van der Waals surface area (Å²) in [6.45, 7) is 0. The standard InChI is InChI=1S/C10H12BrN7/c1-18-7-5(8(11)17-18)3-2-4-6(7)15-10(14)16-9(12)13/h2-4H,1H3,(H6,12,13,14,15,16). The van der Waals surface area contributed by atoms with Gasteiger partial charge >= 0.3 is 0 Å². The highest BCUT2D eigenvalue weighted by molar-refractivity contribution is 9.10. The lowest BCUT2D eigenvalue weighted by Crippen LogP contribution is -2.26. The summed E-state index contributed by atoms with van der Waals surface area (Å²) in [5, 5.41) is 5.20. The van der Waals surface area contributed by atoms with Gasteiger partial charge < -0.3 is 17.2 Å². The van der Waals surface area contributed by atoms with E-state index in [2.05, 4.69) is 31.0 Å². The molecule has 0 unspecified atom stereocenters. The minimum atomic E-state index is -0.130. The van der Waals surface area contributed by atoms with E-state index >= 15 is 0 Å². The van der Waals surface area contributed by atoms with Crippen molar-refractivity contribution in [2.24, 2.45) is 34.2 Å². The van der Waals surface area contributed by atoms with E-state index < -0.39 is 0 Å². The molecule has 1 aromatic heterocycles. The first-order chi connectivity index (χ1) is 8.49. The van der Waals surface area contributed by atoms with E-state index in [0.717, 1.165) is 15.5 Å². The molecule has 0 atom stereocenters. The smallest absolute Gasteiger partial charge is 0.223 e. The van der Waals surface area contributed by atoms with Crippen LogP contribution < -0.4 is 17.2 Å². The lowest BCUT2D eigenvalue weighted by atomic mass is 10.2. The van der Waals surface area contributed by atoms with E-state index in [9.17, 15) is 0 Å². The molecule has 0 radical (unpaired) electrons. The molecule has 0 spiro atoms. The average molecular weight is 310 g/mol. The molecule has 0 aliphatic heterocycles. The topological polar surface area (TPSA) is 121 Å². The van der Waals surface area contributed by atoms with Gasteiger partial charge in [0.1, 0.15) is 4.60 Å². The number of halogens is 1. The lowest BCUT2D eigenvalue weighted by molar-refractivity contribution is 0.788. The highest BCUT2D eigenvalue weighted by Gasteiger charge is 2.09. The number of guanidine groups is 2. The SMILES string of the molecule is Cn1nc(Br)c2cccc(N=C(N)N=C(N)N)c21. The molecule has 7 nitrogen and oxygen atoms in total. The fourth-order valence-electron chi connectivity index (χ4n) is 1.64. The molecule has 2 aromatic rings. The first-order valence-electron chi connectivity index (χ1n) is 5.04. The molecular formula is C10H12BrN7. The number of hydrogen-bond acceptors (Lipinski definition) is 2. The van der Waals surface area contributed by atoms with Gasteiger partial charge in [0.25, 0.3) is 0 Å². The van der Waals surface area contributed by atoms with Gasteiger partial charge in [-0.15, -0.1) is 0 Å². The van der Waals surface area contributed by atoms with Crippen molar-refractivity contribution in [1.29, 1.82) is 0 Å². The van der Waals surface area contributed by atoms with Crippen molar-refractivity contribution in [3.8, 4) is 0 Å². The van der Waals surface area contributed by atoms with Gasteiger partial charge in [-0.3, -0.25) is 4.68 Å². The van der Waals surface area contributed by atoms with E-state index in [1.807, 2.05) is 25.2 Å². The Labute approximate surface area is 111 Å².